The lowest BCUT2D eigenvalue weighted by molar-refractivity contribution is -0.159. The van der Waals surface area contributed by atoms with Gasteiger partial charge in [0.05, 0.1) is 19.3 Å². The molecule has 5 nitrogen and oxygen atoms in total. The molecule has 5 heteroatoms. The number of ether oxygens (including phenoxy) is 3. The van der Waals surface area contributed by atoms with Gasteiger partial charge in [-0.05, 0) is 58.7 Å². The number of hydrogen-bond donors (Lipinski definition) is 0. The van der Waals surface area contributed by atoms with Gasteiger partial charge in [-0.15, -0.1) is 0 Å². The Hall–Kier alpha value is -3.08. The van der Waals surface area contributed by atoms with Gasteiger partial charge in [0.15, 0.2) is 6.10 Å². The minimum atomic E-state index is -0.844. The highest BCUT2D eigenvalue weighted by Gasteiger charge is 2.29. The van der Waals surface area contributed by atoms with E-state index in [0.29, 0.717) is 30.8 Å². The van der Waals surface area contributed by atoms with Crippen molar-refractivity contribution < 1.29 is 23.8 Å². The number of carbonyl (C=O) groups excluding carboxylic acids is 2. The molecule has 0 saturated carbocycles. The fourth-order valence-corrected chi connectivity index (χ4v) is 3.35. The quantitative estimate of drug-likeness (QED) is 0.530. The Morgan fingerprint density at radius 1 is 1.08 bits per heavy atom. The topological polar surface area (TPSA) is 61.8 Å². The van der Waals surface area contributed by atoms with Gasteiger partial charge in [-0.25, -0.2) is 9.59 Å². The molecule has 0 spiro atoms. The average molecular weight is 350 g/mol. The molecule has 4 rings (SSSR count). The minimum absolute atomic E-state index is 0.379. The van der Waals surface area contributed by atoms with Gasteiger partial charge in [-0.1, -0.05) is 24.3 Å². The third kappa shape index (κ3) is 2.86. The van der Waals surface area contributed by atoms with Gasteiger partial charge in [0.2, 0.25) is 0 Å². The summed E-state index contributed by atoms with van der Waals surface area (Å²) in [5.74, 6) is -0.278. The van der Waals surface area contributed by atoms with Crippen LogP contribution >= 0.6 is 0 Å². The van der Waals surface area contributed by atoms with E-state index in [0.717, 1.165) is 21.5 Å². The molecule has 0 amide bonds. The summed E-state index contributed by atoms with van der Waals surface area (Å²) in [6, 6.07) is 15.2. The number of rotatable bonds is 3. The molecule has 0 aromatic heterocycles. The summed E-state index contributed by atoms with van der Waals surface area (Å²) in [6.07, 6.45) is 0.335. The third-order valence-corrected chi connectivity index (χ3v) is 4.64. The van der Waals surface area contributed by atoms with Crippen molar-refractivity contribution in [3.05, 3.63) is 54.1 Å². The number of cyclic esters (lactones) is 1. The van der Waals surface area contributed by atoms with Crippen LogP contribution in [-0.4, -0.2) is 31.8 Å². The fourth-order valence-electron chi connectivity index (χ4n) is 3.35. The monoisotopic (exact) mass is 350 g/mol. The van der Waals surface area contributed by atoms with E-state index in [1.807, 2.05) is 48.5 Å². The van der Waals surface area contributed by atoms with Gasteiger partial charge in [0.25, 0.3) is 0 Å². The molecule has 1 aliphatic rings. The Kier molecular flexibility index (Phi) is 4.21. The molecule has 0 radical (unpaired) electrons. The van der Waals surface area contributed by atoms with E-state index in [1.165, 1.54) is 0 Å². The van der Waals surface area contributed by atoms with Crippen molar-refractivity contribution in [2.24, 2.45) is 0 Å². The predicted octanol–water partition coefficient (Wildman–Crippen LogP) is 3.86. The van der Waals surface area contributed by atoms with Crippen LogP contribution in [0.4, 0.5) is 0 Å². The first kappa shape index (κ1) is 16.4. The molecular weight excluding hydrogens is 332 g/mol. The molecule has 3 aromatic carbocycles. The van der Waals surface area contributed by atoms with Gasteiger partial charge in [0, 0.05) is 0 Å². The average Bonchev–Trinajstić information content (AvgIpc) is 2.67. The standard InChI is InChI=1S/C21H18O5/c1-24-15-8-9-17-14(12-15)11-13-5-2-3-6-16(13)19(17)21(23)26-18-7-4-10-25-20(18)22/h2-3,5-6,8-9,11-12,18H,4,7,10H2,1H3. The lowest BCUT2D eigenvalue weighted by Gasteiger charge is -2.21. The first-order valence-electron chi connectivity index (χ1n) is 8.54. The van der Waals surface area contributed by atoms with Crippen LogP contribution in [0.25, 0.3) is 21.5 Å². The van der Waals surface area contributed by atoms with Crippen LogP contribution in [-0.2, 0) is 14.3 Å². The second-order valence-electron chi connectivity index (χ2n) is 6.26. The third-order valence-electron chi connectivity index (χ3n) is 4.64. The zero-order valence-corrected chi connectivity index (χ0v) is 14.4. The molecule has 0 aliphatic carbocycles. The van der Waals surface area contributed by atoms with E-state index in [1.54, 1.807) is 7.11 Å². The summed E-state index contributed by atoms with van der Waals surface area (Å²) in [6.45, 7) is 0.379. The van der Waals surface area contributed by atoms with Crippen LogP contribution in [0.2, 0.25) is 0 Å². The molecule has 26 heavy (non-hydrogen) atoms. The van der Waals surface area contributed by atoms with Crippen LogP contribution in [0.15, 0.2) is 48.5 Å². The molecule has 1 aliphatic heterocycles. The number of hydrogen-bond acceptors (Lipinski definition) is 5. The van der Waals surface area contributed by atoms with Gasteiger partial charge in [0.1, 0.15) is 5.75 Å². The van der Waals surface area contributed by atoms with Crippen LogP contribution in [0.5, 0.6) is 5.75 Å². The SMILES string of the molecule is COc1ccc2c(C(=O)OC3CCCOC3=O)c3ccccc3cc2c1. The summed E-state index contributed by atoms with van der Waals surface area (Å²) >= 11 is 0. The van der Waals surface area contributed by atoms with Gasteiger partial charge in [-0.3, -0.25) is 0 Å². The highest BCUT2D eigenvalue weighted by atomic mass is 16.6. The Bertz CT molecular complexity index is 1010. The summed E-state index contributed by atoms with van der Waals surface area (Å²) in [4.78, 5) is 24.8. The van der Waals surface area contributed by atoms with Crippen LogP contribution in [0.3, 0.4) is 0 Å². The van der Waals surface area contributed by atoms with Crippen molar-refractivity contribution in [3.63, 3.8) is 0 Å². The minimum Gasteiger partial charge on any atom is -0.497 e. The molecule has 3 aromatic rings. The number of esters is 2. The van der Waals surface area contributed by atoms with E-state index in [2.05, 4.69) is 0 Å². The first-order chi connectivity index (χ1) is 12.7. The number of fused-ring (bicyclic) bond motifs is 2. The molecule has 1 fully saturated rings. The maximum atomic E-state index is 13.0. The smallest absolute Gasteiger partial charge is 0.347 e. The summed E-state index contributed by atoms with van der Waals surface area (Å²) in [7, 11) is 1.60. The highest BCUT2D eigenvalue weighted by Crippen LogP contribution is 2.32. The molecule has 0 bridgehead atoms. The van der Waals surface area contributed by atoms with Crippen molar-refractivity contribution in [1.82, 2.24) is 0 Å². The molecule has 1 unspecified atom stereocenters. The van der Waals surface area contributed by atoms with E-state index >= 15 is 0 Å². The summed E-state index contributed by atoms with van der Waals surface area (Å²) in [5.41, 5.74) is 0.458. The van der Waals surface area contributed by atoms with E-state index in [4.69, 9.17) is 14.2 Å². The van der Waals surface area contributed by atoms with Crippen LogP contribution < -0.4 is 4.74 Å². The predicted molar refractivity (Wildman–Crippen MR) is 97.4 cm³/mol. The Labute approximate surface area is 150 Å². The number of methoxy groups -OCH3 is 1. The molecule has 0 N–H and O–H groups in total. The van der Waals surface area contributed by atoms with Crippen LogP contribution in [0.1, 0.15) is 23.2 Å². The van der Waals surface area contributed by atoms with Crippen molar-refractivity contribution in [2.75, 3.05) is 13.7 Å². The van der Waals surface area contributed by atoms with Crippen molar-refractivity contribution >= 4 is 33.5 Å². The number of carbonyl (C=O) groups is 2. The molecule has 1 atom stereocenters. The number of benzene rings is 3. The van der Waals surface area contributed by atoms with Crippen LogP contribution in [0, 0.1) is 0 Å². The van der Waals surface area contributed by atoms with E-state index in [9.17, 15) is 9.59 Å². The van der Waals surface area contributed by atoms with Crippen molar-refractivity contribution in [2.45, 2.75) is 18.9 Å². The zero-order valence-electron chi connectivity index (χ0n) is 14.4. The molecular formula is C21H18O5. The summed E-state index contributed by atoms with van der Waals surface area (Å²) < 4.78 is 15.8. The second-order valence-corrected chi connectivity index (χ2v) is 6.26. The Morgan fingerprint density at radius 2 is 1.88 bits per heavy atom. The first-order valence-corrected chi connectivity index (χ1v) is 8.54. The van der Waals surface area contributed by atoms with Crippen molar-refractivity contribution in [1.29, 1.82) is 0 Å². The van der Waals surface area contributed by atoms with Gasteiger partial charge >= 0.3 is 11.9 Å². The normalized spacial score (nSPS) is 17.1. The highest BCUT2D eigenvalue weighted by molar-refractivity contribution is 6.17. The molecule has 1 saturated heterocycles. The largest absolute Gasteiger partial charge is 0.497 e. The zero-order chi connectivity index (χ0) is 18.1. The maximum absolute atomic E-state index is 13.0. The second kappa shape index (κ2) is 6.67. The van der Waals surface area contributed by atoms with E-state index in [-0.39, 0.29) is 0 Å². The van der Waals surface area contributed by atoms with Crippen molar-refractivity contribution in [3.8, 4) is 5.75 Å². The van der Waals surface area contributed by atoms with Gasteiger partial charge < -0.3 is 14.2 Å². The Balaban J connectivity index is 1.85. The van der Waals surface area contributed by atoms with Gasteiger partial charge in [-0.2, -0.15) is 0 Å². The molecule has 132 valence electrons. The maximum Gasteiger partial charge on any atom is 0.347 e. The fraction of sp³-hybridized carbons (Fsp3) is 0.238. The summed E-state index contributed by atoms with van der Waals surface area (Å²) in [5, 5.41) is 3.35. The Morgan fingerprint density at radius 3 is 2.69 bits per heavy atom. The van der Waals surface area contributed by atoms with E-state index < -0.39 is 18.0 Å². The lowest BCUT2D eigenvalue weighted by atomic mass is 9.96. The lowest BCUT2D eigenvalue weighted by Crippen LogP contribution is -2.33. The molecule has 1 heterocycles.